The standard InChI is InChI=1S/C15H21N3OS/c1-4-6-11-9-13(20-10(11)3)15(19)18-12(5-2)14-16-7-8-17-14/h7-9,12H,4-6H2,1-3H3,(H,16,17)(H,18,19). The first-order valence-corrected chi connectivity index (χ1v) is 7.86. The second-order valence-electron chi connectivity index (χ2n) is 4.85. The molecule has 20 heavy (non-hydrogen) atoms. The summed E-state index contributed by atoms with van der Waals surface area (Å²) in [6, 6.07) is 1.96. The van der Waals surface area contributed by atoms with Crippen molar-refractivity contribution in [3.05, 3.63) is 39.6 Å². The van der Waals surface area contributed by atoms with Gasteiger partial charge in [-0.2, -0.15) is 0 Å². The van der Waals surface area contributed by atoms with Crippen LogP contribution < -0.4 is 5.32 Å². The molecule has 5 heteroatoms. The number of imidazole rings is 1. The van der Waals surface area contributed by atoms with Gasteiger partial charge >= 0.3 is 0 Å². The van der Waals surface area contributed by atoms with E-state index in [1.807, 2.05) is 13.0 Å². The number of amides is 1. The number of H-pyrrole nitrogens is 1. The van der Waals surface area contributed by atoms with Gasteiger partial charge in [0.15, 0.2) is 0 Å². The molecule has 0 spiro atoms. The summed E-state index contributed by atoms with van der Waals surface area (Å²) in [5, 5.41) is 3.05. The number of carbonyl (C=O) groups excluding carboxylic acids is 1. The van der Waals surface area contributed by atoms with Crippen molar-refractivity contribution < 1.29 is 4.79 Å². The Morgan fingerprint density at radius 1 is 1.50 bits per heavy atom. The monoisotopic (exact) mass is 291 g/mol. The van der Waals surface area contributed by atoms with Gasteiger partial charge in [-0.1, -0.05) is 20.3 Å². The van der Waals surface area contributed by atoms with Crippen LogP contribution in [-0.2, 0) is 6.42 Å². The molecular weight excluding hydrogens is 270 g/mol. The van der Waals surface area contributed by atoms with Crippen LogP contribution in [0.5, 0.6) is 0 Å². The lowest BCUT2D eigenvalue weighted by Crippen LogP contribution is -2.28. The third-order valence-corrected chi connectivity index (χ3v) is 4.42. The van der Waals surface area contributed by atoms with Crippen LogP contribution in [0.4, 0.5) is 0 Å². The molecular formula is C15H21N3OS. The highest BCUT2D eigenvalue weighted by Crippen LogP contribution is 2.23. The van der Waals surface area contributed by atoms with E-state index >= 15 is 0 Å². The Morgan fingerprint density at radius 3 is 2.90 bits per heavy atom. The van der Waals surface area contributed by atoms with Crippen molar-refractivity contribution in [3.63, 3.8) is 0 Å². The van der Waals surface area contributed by atoms with E-state index in [0.29, 0.717) is 0 Å². The predicted octanol–water partition coefficient (Wildman–Crippen LogP) is 3.61. The summed E-state index contributed by atoms with van der Waals surface area (Å²) in [4.78, 5) is 21.6. The van der Waals surface area contributed by atoms with Crippen LogP contribution in [0.1, 0.15) is 58.7 Å². The zero-order chi connectivity index (χ0) is 14.5. The predicted molar refractivity (Wildman–Crippen MR) is 82.1 cm³/mol. The Bertz CT molecular complexity index is 560. The Morgan fingerprint density at radius 2 is 2.30 bits per heavy atom. The maximum absolute atomic E-state index is 12.3. The second-order valence-corrected chi connectivity index (χ2v) is 6.11. The van der Waals surface area contributed by atoms with Crippen LogP contribution in [0.3, 0.4) is 0 Å². The SMILES string of the molecule is CCCc1cc(C(=O)NC(CC)c2ncc[nH]2)sc1C. The third-order valence-electron chi connectivity index (χ3n) is 3.33. The topological polar surface area (TPSA) is 57.8 Å². The lowest BCUT2D eigenvalue weighted by atomic mass is 10.1. The molecule has 0 aromatic carbocycles. The molecule has 108 valence electrons. The molecule has 0 fully saturated rings. The zero-order valence-corrected chi connectivity index (χ0v) is 13.0. The highest BCUT2D eigenvalue weighted by atomic mass is 32.1. The van der Waals surface area contributed by atoms with Crippen LogP contribution in [0.2, 0.25) is 0 Å². The van der Waals surface area contributed by atoms with Gasteiger partial charge in [-0.15, -0.1) is 11.3 Å². The number of hydrogen-bond donors (Lipinski definition) is 2. The molecule has 2 aromatic heterocycles. The molecule has 0 aliphatic carbocycles. The second kappa shape index (κ2) is 6.70. The fourth-order valence-electron chi connectivity index (χ4n) is 2.21. The van der Waals surface area contributed by atoms with Gasteiger partial charge in [0, 0.05) is 17.3 Å². The Hall–Kier alpha value is -1.62. The number of carbonyl (C=O) groups is 1. The molecule has 1 atom stereocenters. The smallest absolute Gasteiger partial charge is 0.261 e. The van der Waals surface area contributed by atoms with Crippen molar-refractivity contribution in [2.45, 2.75) is 46.1 Å². The van der Waals surface area contributed by atoms with Crippen LogP contribution in [0, 0.1) is 6.92 Å². The van der Waals surface area contributed by atoms with Gasteiger partial charge in [0.1, 0.15) is 5.82 Å². The van der Waals surface area contributed by atoms with E-state index in [4.69, 9.17) is 0 Å². The third kappa shape index (κ3) is 3.28. The summed E-state index contributed by atoms with van der Waals surface area (Å²) in [6.07, 6.45) is 6.43. The first-order chi connectivity index (χ1) is 9.65. The molecule has 1 amide bonds. The number of aryl methyl sites for hydroxylation is 2. The molecule has 2 aromatic rings. The van der Waals surface area contributed by atoms with E-state index in [9.17, 15) is 4.79 Å². The van der Waals surface area contributed by atoms with Gasteiger partial charge in [0.2, 0.25) is 0 Å². The van der Waals surface area contributed by atoms with Crippen molar-refractivity contribution >= 4 is 17.2 Å². The van der Waals surface area contributed by atoms with Crippen LogP contribution >= 0.6 is 11.3 Å². The van der Waals surface area contributed by atoms with Gasteiger partial charge in [-0.25, -0.2) is 4.98 Å². The van der Waals surface area contributed by atoms with E-state index in [1.165, 1.54) is 10.4 Å². The average Bonchev–Trinajstić information content (AvgIpc) is 3.07. The molecule has 0 aliphatic heterocycles. The summed E-state index contributed by atoms with van der Waals surface area (Å²) in [7, 11) is 0. The lowest BCUT2D eigenvalue weighted by Gasteiger charge is -2.13. The van der Waals surface area contributed by atoms with Crippen molar-refractivity contribution in [2.75, 3.05) is 0 Å². The largest absolute Gasteiger partial charge is 0.347 e. The first kappa shape index (κ1) is 14.8. The minimum atomic E-state index is -0.0606. The molecule has 0 saturated heterocycles. The van der Waals surface area contributed by atoms with Crippen LogP contribution in [0.25, 0.3) is 0 Å². The summed E-state index contributed by atoms with van der Waals surface area (Å²) >= 11 is 1.57. The maximum atomic E-state index is 12.3. The summed E-state index contributed by atoms with van der Waals surface area (Å²) in [5.74, 6) is 0.798. The lowest BCUT2D eigenvalue weighted by molar-refractivity contribution is 0.0938. The fraction of sp³-hybridized carbons (Fsp3) is 0.467. The quantitative estimate of drug-likeness (QED) is 0.854. The van der Waals surface area contributed by atoms with Crippen molar-refractivity contribution in [3.8, 4) is 0 Å². The fourth-order valence-corrected chi connectivity index (χ4v) is 3.19. The van der Waals surface area contributed by atoms with Crippen LogP contribution in [-0.4, -0.2) is 15.9 Å². The molecule has 4 nitrogen and oxygen atoms in total. The van der Waals surface area contributed by atoms with Gasteiger partial charge < -0.3 is 10.3 Å². The molecule has 1 unspecified atom stereocenters. The minimum Gasteiger partial charge on any atom is -0.347 e. The van der Waals surface area contributed by atoms with Crippen molar-refractivity contribution in [1.29, 1.82) is 0 Å². The molecule has 2 N–H and O–H groups in total. The Kier molecular flexibility index (Phi) is 4.95. The molecule has 0 saturated carbocycles. The number of aromatic amines is 1. The van der Waals surface area contributed by atoms with E-state index in [0.717, 1.165) is 30.0 Å². The van der Waals surface area contributed by atoms with Crippen LogP contribution in [0.15, 0.2) is 18.5 Å². The molecule has 0 radical (unpaired) electrons. The van der Waals surface area contributed by atoms with Gasteiger partial charge in [0.05, 0.1) is 10.9 Å². The Labute approximate surface area is 123 Å². The van der Waals surface area contributed by atoms with Crippen molar-refractivity contribution in [2.24, 2.45) is 0 Å². The van der Waals surface area contributed by atoms with E-state index in [-0.39, 0.29) is 11.9 Å². The summed E-state index contributed by atoms with van der Waals surface area (Å²) in [5.41, 5.74) is 1.29. The average molecular weight is 291 g/mol. The number of nitrogens with one attached hydrogen (secondary N) is 2. The number of hydrogen-bond acceptors (Lipinski definition) is 3. The van der Waals surface area contributed by atoms with Gasteiger partial charge in [0.25, 0.3) is 5.91 Å². The number of thiophene rings is 1. The summed E-state index contributed by atoms with van der Waals surface area (Å²) in [6.45, 7) is 6.27. The maximum Gasteiger partial charge on any atom is 0.261 e. The highest BCUT2D eigenvalue weighted by molar-refractivity contribution is 7.14. The van der Waals surface area contributed by atoms with E-state index < -0.39 is 0 Å². The normalized spacial score (nSPS) is 12.3. The van der Waals surface area contributed by atoms with Gasteiger partial charge in [-0.3, -0.25) is 4.79 Å². The zero-order valence-electron chi connectivity index (χ0n) is 12.2. The molecule has 2 rings (SSSR count). The first-order valence-electron chi connectivity index (χ1n) is 7.05. The number of nitrogens with zero attached hydrogens (tertiary/aromatic N) is 1. The number of rotatable bonds is 6. The molecule has 2 heterocycles. The summed E-state index contributed by atoms with van der Waals surface area (Å²) < 4.78 is 0. The van der Waals surface area contributed by atoms with Crippen molar-refractivity contribution in [1.82, 2.24) is 15.3 Å². The molecule has 0 bridgehead atoms. The van der Waals surface area contributed by atoms with Gasteiger partial charge in [-0.05, 0) is 31.4 Å². The van der Waals surface area contributed by atoms with E-state index in [2.05, 4.69) is 29.1 Å². The highest BCUT2D eigenvalue weighted by Gasteiger charge is 2.18. The Balaban J connectivity index is 2.09. The molecule has 0 aliphatic rings. The van der Waals surface area contributed by atoms with E-state index in [1.54, 1.807) is 23.7 Å². The minimum absolute atomic E-state index is 0.0105. The number of aromatic nitrogens is 2.